The predicted molar refractivity (Wildman–Crippen MR) is 144 cm³/mol. The molecule has 5 heterocycles. The van der Waals surface area contributed by atoms with Gasteiger partial charge in [0.2, 0.25) is 0 Å². The van der Waals surface area contributed by atoms with Crippen molar-refractivity contribution in [2.45, 2.75) is 32.5 Å². The Morgan fingerprint density at radius 2 is 1.83 bits per heavy atom. The van der Waals surface area contributed by atoms with Gasteiger partial charge in [0.1, 0.15) is 21.7 Å². The molecule has 1 saturated heterocycles. The van der Waals surface area contributed by atoms with Gasteiger partial charge in [-0.3, -0.25) is 9.36 Å². The summed E-state index contributed by atoms with van der Waals surface area (Å²) in [4.78, 5) is 27.0. The van der Waals surface area contributed by atoms with Crippen molar-refractivity contribution in [1.29, 1.82) is 0 Å². The number of nitrogens with zero attached hydrogens (tertiary/aromatic N) is 4. The Labute approximate surface area is 211 Å². The van der Waals surface area contributed by atoms with Gasteiger partial charge in [0.15, 0.2) is 0 Å². The summed E-state index contributed by atoms with van der Waals surface area (Å²) in [5.74, 6) is 0.956. The van der Waals surface area contributed by atoms with Crippen LogP contribution in [0, 0.1) is 0 Å². The zero-order valence-electron chi connectivity index (χ0n) is 20.3. The first kappa shape index (κ1) is 21.9. The van der Waals surface area contributed by atoms with E-state index in [2.05, 4.69) is 30.9 Å². The third kappa shape index (κ3) is 3.36. The highest BCUT2D eigenvalue weighted by molar-refractivity contribution is 7.25. The second-order valence-corrected chi connectivity index (χ2v) is 11.1. The first-order valence-electron chi connectivity index (χ1n) is 12.3. The summed E-state index contributed by atoms with van der Waals surface area (Å²) >= 11 is 1.45. The third-order valence-electron chi connectivity index (χ3n) is 7.27. The van der Waals surface area contributed by atoms with Crippen molar-refractivity contribution in [3.63, 3.8) is 0 Å². The number of fused-ring (bicyclic) bond motifs is 6. The lowest BCUT2D eigenvalue weighted by molar-refractivity contribution is -0.0396. The summed E-state index contributed by atoms with van der Waals surface area (Å²) in [7, 11) is 0. The molecule has 3 aromatic heterocycles. The summed E-state index contributed by atoms with van der Waals surface area (Å²) in [5.41, 5.74) is 3.54. The van der Waals surface area contributed by atoms with Gasteiger partial charge in [-0.1, -0.05) is 36.4 Å². The molecule has 0 saturated carbocycles. The summed E-state index contributed by atoms with van der Waals surface area (Å²) in [5, 5.41) is 3.11. The summed E-state index contributed by atoms with van der Waals surface area (Å²) < 4.78 is 14.1. The van der Waals surface area contributed by atoms with Crippen molar-refractivity contribution in [2.75, 3.05) is 31.2 Å². The fourth-order valence-corrected chi connectivity index (χ4v) is 6.56. The Balaban J connectivity index is 1.49. The largest absolute Gasteiger partial charge is 0.378 e. The molecule has 0 N–H and O–H groups in total. The van der Waals surface area contributed by atoms with Gasteiger partial charge < -0.3 is 14.4 Å². The molecule has 2 aliphatic rings. The summed E-state index contributed by atoms with van der Waals surface area (Å²) in [6, 6.07) is 14.1. The zero-order chi connectivity index (χ0) is 24.4. The molecule has 0 aliphatic carbocycles. The van der Waals surface area contributed by atoms with Crippen LogP contribution in [0.2, 0.25) is 0 Å². The van der Waals surface area contributed by atoms with Crippen molar-refractivity contribution in [1.82, 2.24) is 14.5 Å². The molecule has 36 heavy (non-hydrogen) atoms. The fourth-order valence-electron chi connectivity index (χ4n) is 5.47. The molecule has 0 radical (unpaired) electrons. The molecule has 8 heteroatoms. The minimum Gasteiger partial charge on any atom is -0.378 e. The monoisotopic (exact) mass is 498 g/mol. The van der Waals surface area contributed by atoms with Gasteiger partial charge in [-0.2, -0.15) is 0 Å². The van der Waals surface area contributed by atoms with E-state index in [1.165, 1.54) is 16.9 Å². The molecule has 1 fully saturated rings. The second kappa shape index (κ2) is 8.09. The van der Waals surface area contributed by atoms with Crippen LogP contribution in [0.5, 0.6) is 0 Å². The highest BCUT2D eigenvalue weighted by Gasteiger charge is 2.33. The molecule has 2 aromatic carbocycles. The van der Waals surface area contributed by atoms with Gasteiger partial charge in [0.05, 0.1) is 36.6 Å². The number of anilines is 1. The van der Waals surface area contributed by atoms with Crippen LogP contribution in [0.25, 0.3) is 36.9 Å². The molecular formula is C28H26N4O3S. The molecule has 0 bridgehead atoms. The first-order chi connectivity index (χ1) is 17.5. The maximum absolute atomic E-state index is 13.9. The van der Waals surface area contributed by atoms with Crippen LogP contribution in [-0.4, -0.2) is 46.4 Å². The number of hydrogen-bond acceptors (Lipinski definition) is 7. The number of thiophene rings is 1. The van der Waals surface area contributed by atoms with E-state index in [-0.39, 0.29) is 11.2 Å². The number of pyridine rings is 1. The molecule has 0 spiro atoms. The van der Waals surface area contributed by atoms with E-state index in [1.54, 1.807) is 10.9 Å². The number of aromatic nitrogens is 3. The number of hydrogen-bond donors (Lipinski definition) is 0. The van der Waals surface area contributed by atoms with Crippen LogP contribution in [0.3, 0.4) is 0 Å². The topological polar surface area (TPSA) is 69.5 Å². The van der Waals surface area contributed by atoms with Gasteiger partial charge >= 0.3 is 0 Å². The van der Waals surface area contributed by atoms with E-state index < -0.39 is 0 Å². The van der Waals surface area contributed by atoms with Crippen molar-refractivity contribution in [3.8, 4) is 5.69 Å². The Hall–Kier alpha value is -3.33. The third-order valence-corrected chi connectivity index (χ3v) is 8.33. The lowest BCUT2D eigenvalue weighted by Crippen LogP contribution is -2.39. The van der Waals surface area contributed by atoms with E-state index in [9.17, 15) is 4.79 Å². The van der Waals surface area contributed by atoms with Crippen LogP contribution in [0.4, 0.5) is 5.82 Å². The maximum atomic E-state index is 13.9. The van der Waals surface area contributed by atoms with Gasteiger partial charge in [-0.05, 0) is 30.9 Å². The maximum Gasteiger partial charge on any atom is 0.275 e. The lowest BCUT2D eigenvalue weighted by atomic mass is 9.90. The average molecular weight is 499 g/mol. The minimum atomic E-state index is -0.296. The number of rotatable bonds is 2. The summed E-state index contributed by atoms with van der Waals surface area (Å²) in [6.45, 7) is 7.70. The first-order valence-corrected chi connectivity index (χ1v) is 13.1. The molecule has 0 atom stereocenters. The fraction of sp³-hybridized carbons (Fsp3) is 0.321. The minimum absolute atomic E-state index is 0.0626. The number of ether oxygens (including phenoxy) is 2. The second-order valence-electron chi connectivity index (χ2n) is 10.1. The molecule has 5 aromatic rings. The zero-order valence-corrected chi connectivity index (χ0v) is 21.1. The molecule has 182 valence electrons. The molecule has 7 nitrogen and oxygen atoms in total. The van der Waals surface area contributed by atoms with Gasteiger partial charge in [-0.15, -0.1) is 11.3 Å². The summed E-state index contributed by atoms with van der Waals surface area (Å²) in [6.07, 6.45) is 2.42. The van der Waals surface area contributed by atoms with E-state index in [0.29, 0.717) is 24.5 Å². The number of benzene rings is 2. The highest BCUT2D eigenvalue weighted by Crippen LogP contribution is 2.42. The predicted octanol–water partition coefficient (Wildman–Crippen LogP) is 4.84. The van der Waals surface area contributed by atoms with E-state index >= 15 is 0 Å². The molecule has 7 rings (SSSR count). The van der Waals surface area contributed by atoms with Crippen molar-refractivity contribution in [3.05, 3.63) is 70.3 Å². The van der Waals surface area contributed by atoms with Crippen LogP contribution in [0.15, 0.2) is 53.6 Å². The van der Waals surface area contributed by atoms with E-state index in [4.69, 9.17) is 19.4 Å². The van der Waals surface area contributed by atoms with Crippen LogP contribution in [0.1, 0.15) is 25.0 Å². The van der Waals surface area contributed by atoms with Crippen molar-refractivity contribution < 1.29 is 9.47 Å². The van der Waals surface area contributed by atoms with Crippen LogP contribution >= 0.6 is 11.3 Å². The number of morpholine rings is 1. The molecule has 2 aliphatic heterocycles. The average Bonchev–Trinajstić information content (AvgIpc) is 3.28. The van der Waals surface area contributed by atoms with Crippen LogP contribution < -0.4 is 10.5 Å². The van der Waals surface area contributed by atoms with Crippen LogP contribution in [-0.2, 0) is 22.5 Å². The Morgan fingerprint density at radius 3 is 2.69 bits per heavy atom. The van der Waals surface area contributed by atoms with E-state index in [1.807, 2.05) is 30.3 Å². The van der Waals surface area contributed by atoms with E-state index in [0.717, 1.165) is 63.1 Å². The van der Waals surface area contributed by atoms with Crippen molar-refractivity contribution in [2.24, 2.45) is 0 Å². The normalized spacial score (nSPS) is 17.7. The lowest BCUT2D eigenvalue weighted by Gasteiger charge is -2.36. The van der Waals surface area contributed by atoms with Crippen molar-refractivity contribution >= 4 is 48.4 Å². The highest BCUT2D eigenvalue weighted by atomic mass is 32.1. The standard InChI is InChI=1S/C28H26N4O3S/c1-28(2)14-19-20(15-35-28)25(31-10-12-34-13-11-31)30-26-22(19)23-24(36-26)27(33)32(16-29-23)21-9-5-7-17-6-3-4-8-18(17)21/h3-9,16H,10-15H2,1-2H3. The molecular weight excluding hydrogens is 472 g/mol. The van der Waals surface area contributed by atoms with Gasteiger partial charge in [0.25, 0.3) is 5.56 Å². The molecule has 0 amide bonds. The Bertz CT molecular complexity index is 1710. The van der Waals surface area contributed by atoms with Gasteiger partial charge in [0, 0.05) is 35.8 Å². The Morgan fingerprint density at radius 1 is 1.03 bits per heavy atom. The SMILES string of the molecule is CC1(C)Cc2c(c(N3CCOCC3)nc3sc4c(=O)n(-c5cccc6ccccc56)cnc4c23)CO1. The van der Waals surface area contributed by atoms with Gasteiger partial charge in [-0.25, -0.2) is 9.97 Å². The smallest absolute Gasteiger partial charge is 0.275 e. The quantitative estimate of drug-likeness (QED) is 0.347. The Kier molecular flexibility index (Phi) is 4.93. The molecule has 0 unspecified atom stereocenters.